The first kappa shape index (κ1) is 70.6. The number of nitrogens with zero attached hydrogens (tertiary/aromatic N) is 5. The summed E-state index contributed by atoms with van der Waals surface area (Å²) in [5.41, 5.74) is -1.47. The van der Waals surface area contributed by atoms with Crippen molar-refractivity contribution in [1.82, 2.24) is 19.6 Å². The molecule has 0 radical (unpaired) electrons. The third-order valence-electron chi connectivity index (χ3n) is 29.4. The van der Waals surface area contributed by atoms with Crippen molar-refractivity contribution in [2.75, 3.05) is 11.9 Å². The van der Waals surface area contributed by atoms with Crippen LogP contribution in [0.15, 0.2) is 41.2 Å². The van der Waals surface area contributed by atoms with Crippen LogP contribution in [-0.2, 0) is 33.6 Å². The van der Waals surface area contributed by atoms with Gasteiger partial charge in [0.1, 0.15) is 18.0 Å². The predicted octanol–water partition coefficient (Wildman–Crippen LogP) is 16.8. The number of hydrogen-bond donors (Lipinski definition) is 3. The summed E-state index contributed by atoms with van der Waals surface area (Å²) in [7, 11) is 0. The van der Waals surface area contributed by atoms with Crippen LogP contribution in [0.4, 0.5) is 26.3 Å². The molecule has 3 N–H and O–H groups in total. The second kappa shape index (κ2) is 26.7. The molecule has 1 aliphatic heterocycles. The van der Waals surface area contributed by atoms with Gasteiger partial charge < -0.3 is 15.3 Å². The van der Waals surface area contributed by atoms with E-state index in [0.29, 0.717) is 58.9 Å². The predicted molar refractivity (Wildman–Crippen MR) is 354 cm³/mol. The maximum Gasteiger partial charge on any atom is 0.433 e. The number of allylic oxidation sites excluding steroid dienone is 1. The Morgan fingerprint density at radius 1 is 0.511 bits per heavy atom. The molecule has 12 fully saturated rings. The summed E-state index contributed by atoms with van der Waals surface area (Å²) in [5, 5.41) is 40.4. The molecular formula is C76H110BrF6N5O6. The van der Waals surface area contributed by atoms with Gasteiger partial charge in [0, 0.05) is 36.4 Å². The number of hydrogen-bond acceptors (Lipinski definition) is 9. The van der Waals surface area contributed by atoms with Crippen molar-refractivity contribution in [3.8, 4) is 0 Å². The molecule has 0 bridgehead atoms. The van der Waals surface area contributed by atoms with Gasteiger partial charge in [0.05, 0.1) is 46.5 Å². The number of aliphatic imine (C=N–C) groups is 1. The second-order valence-electron chi connectivity index (χ2n) is 34.8. The van der Waals surface area contributed by atoms with Gasteiger partial charge in [0.15, 0.2) is 11.6 Å². The highest BCUT2D eigenvalue weighted by molar-refractivity contribution is 9.09. The number of Topliss-reactive ketones (excluding diaryl/α,β-unsaturated/α-hetero) is 3. The first-order chi connectivity index (χ1) is 44.2. The molecule has 0 aromatic carbocycles. The molecule has 11 nitrogen and oxygen atoms in total. The molecule has 12 saturated carbocycles. The highest BCUT2D eigenvalue weighted by Crippen LogP contribution is 2.68. The van der Waals surface area contributed by atoms with Crippen LogP contribution in [-0.4, -0.2) is 93.3 Å². The lowest BCUT2D eigenvalue weighted by Crippen LogP contribution is -2.51. The van der Waals surface area contributed by atoms with E-state index in [9.17, 15) is 56.0 Å². The summed E-state index contributed by atoms with van der Waals surface area (Å²) in [6.45, 7) is 15.1. The third-order valence-corrected chi connectivity index (χ3v) is 30.0. The van der Waals surface area contributed by atoms with Gasteiger partial charge in [-0.1, -0.05) is 36.7 Å². The number of aliphatic hydroxyl groups is 3. The van der Waals surface area contributed by atoms with Crippen molar-refractivity contribution in [3.63, 3.8) is 0 Å². The lowest BCUT2D eigenvalue weighted by molar-refractivity contribution is -0.145. The van der Waals surface area contributed by atoms with Crippen LogP contribution in [0.2, 0.25) is 0 Å². The molecular weight excluding hydrogens is 1270 g/mol. The fourth-order valence-electron chi connectivity index (χ4n) is 25.2. The van der Waals surface area contributed by atoms with Crippen LogP contribution in [0.5, 0.6) is 0 Å². The van der Waals surface area contributed by atoms with Crippen molar-refractivity contribution in [2.24, 2.45) is 128 Å². The minimum atomic E-state index is -4.50. The van der Waals surface area contributed by atoms with E-state index < -0.39 is 40.4 Å². The molecule has 0 saturated heterocycles. The summed E-state index contributed by atoms with van der Waals surface area (Å²) in [6.07, 6.45) is 27.2. The third kappa shape index (κ3) is 13.9. The highest BCUT2D eigenvalue weighted by Gasteiger charge is 2.62. The van der Waals surface area contributed by atoms with E-state index in [2.05, 4.69) is 51.9 Å². The zero-order chi connectivity index (χ0) is 67.3. The van der Waals surface area contributed by atoms with Crippen LogP contribution < -0.4 is 0 Å². The van der Waals surface area contributed by atoms with Gasteiger partial charge in [-0.15, -0.1) is 0 Å². The molecule has 15 rings (SSSR count). The Morgan fingerprint density at radius 3 is 1.27 bits per heavy atom. The number of aryl methyl sites for hydroxylation is 1. The summed E-state index contributed by atoms with van der Waals surface area (Å²) in [6, 6.07) is 2.93. The second-order valence-corrected chi connectivity index (χ2v) is 35.3. The van der Waals surface area contributed by atoms with Crippen molar-refractivity contribution < 1.29 is 56.0 Å². The van der Waals surface area contributed by atoms with Crippen LogP contribution >= 0.6 is 15.9 Å². The standard InChI is InChI=1S/C25H35F3N2O2.C25H38N2O2.C21H33BrO2.C5H4F3N/c1-23(32)10-7-16-15(13-23)3-4-18-17(16)8-11-24(2)19(18)5-6-20(24)21(31)14-30-22(9-12-29-30)25(26,27)28;1-16-10-13-27(26-16)15-23(28)22-7-6-21-20-5-4-17-14-24(2,29)11-8-18(17)19(20)9-12-25(21,22)3;1-20(24)9-7-14-13(11-20)3-4-16-15(14)8-10-21(2)17(16)5-6-18(21)19(23)12-22;6-5(7,8)4-1-2-9-3-4/h9,12,15-20,32H,3-8,10-11,13-14H2,1-2H3;10,13,17-22,29H,4-9,11-12,14-15H2,1-3H3;13-18,24H,3-12H2,1-2H3;1-2H,3H2/t15-,16+,17-,18-,19+,20-,23-,24+;17-,18+,19-,20-,21+,22-,24-,25+;13-,14+,15-,16-,17+,18-,20-,21+;/m111./s1. The van der Waals surface area contributed by atoms with Gasteiger partial charge >= 0.3 is 12.4 Å². The zero-order valence-electron chi connectivity index (χ0n) is 57.2. The van der Waals surface area contributed by atoms with Gasteiger partial charge in [0.25, 0.3) is 0 Å². The number of carbonyl (C=O) groups is 3. The van der Waals surface area contributed by atoms with E-state index in [0.717, 1.165) is 178 Å². The Labute approximate surface area is 563 Å². The van der Waals surface area contributed by atoms with Crippen LogP contribution in [0.1, 0.15) is 226 Å². The smallest absolute Gasteiger partial charge is 0.390 e. The largest absolute Gasteiger partial charge is 0.433 e. The molecule has 13 aliphatic rings. The summed E-state index contributed by atoms with van der Waals surface area (Å²) in [4.78, 5) is 42.4. The first-order valence-corrected chi connectivity index (χ1v) is 38.0. The molecule has 2 aromatic rings. The van der Waals surface area contributed by atoms with Gasteiger partial charge in [-0.05, 0) is 324 Å². The molecule has 2 aromatic heterocycles. The Hall–Kier alpha value is -3.22. The maximum absolute atomic E-state index is 13.3. The minimum absolute atomic E-state index is 0.0925. The molecule has 0 unspecified atom stereocenters. The molecule has 18 heteroatoms. The van der Waals surface area contributed by atoms with Crippen LogP contribution in [0.3, 0.4) is 0 Å². The van der Waals surface area contributed by atoms with E-state index in [1.165, 1.54) is 89.7 Å². The van der Waals surface area contributed by atoms with E-state index in [4.69, 9.17) is 0 Å². The first-order valence-electron chi connectivity index (χ1n) is 36.9. The molecule has 94 heavy (non-hydrogen) atoms. The van der Waals surface area contributed by atoms with E-state index in [1.807, 2.05) is 44.6 Å². The van der Waals surface area contributed by atoms with Crippen molar-refractivity contribution in [1.29, 1.82) is 0 Å². The number of ketones is 3. The number of fused-ring (bicyclic) bond motifs is 15. The van der Waals surface area contributed by atoms with Crippen molar-refractivity contribution in [3.05, 3.63) is 47.6 Å². The van der Waals surface area contributed by atoms with E-state index >= 15 is 0 Å². The van der Waals surface area contributed by atoms with Gasteiger partial charge in [-0.3, -0.25) is 28.7 Å². The van der Waals surface area contributed by atoms with Gasteiger partial charge in [-0.2, -0.15) is 36.5 Å². The summed E-state index contributed by atoms with van der Waals surface area (Å²) in [5.74, 6) is 12.2. The van der Waals surface area contributed by atoms with Crippen LogP contribution in [0, 0.1) is 130 Å². The van der Waals surface area contributed by atoms with Gasteiger partial charge in [0.2, 0.25) is 0 Å². The number of alkyl halides is 7. The SMILES string of the molecule is C[C@@]1(O)CC[C@H]2[C@H](CC[C@@H]3[C@@H]2CC[C@]2(C)[C@@H](C(=O)CBr)CC[C@@H]32)C1.C[C@@]1(O)CC[C@H]2[C@H](CC[C@@H]3[C@@H]2CC[C@]2(C)[C@@H](C(=O)Cn4nccc4C(F)(F)F)CC[C@@H]32)C1.Cc1ccn(CC(=O)[C@H]2CC[C@H]3[C@@H]4CC[C@@H]5C[C@](C)(O)CC[C@@H]5[C@H]4CC[C@]23C)n1.FC(F)(F)C1=CC=NC1. The Bertz CT molecular complexity index is 3120. The molecule has 524 valence electrons. The monoisotopic (exact) mass is 1380 g/mol. The summed E-state index contributed by atoms with van der Waals surface area (Å²) >= 11 is 3.42. The maximum atomic E-state index is 13.3. The number of halogens is 7. The Morgan fingerprint density at radius 2 is 0.915 bits per heavy atom. The lowest BCUT2D eigenvalue weighted by atomic mass is 9.49. The number of rotatable bonds is 8. The average molecular weight is 1380 g/mol. The number of carbonyl (C=O) groups excluding carboxylic acids is 3. The molecule has 0 amide bonds. The van der Waals surface area contributed by atoms with Crippen molar-refractivity contribution >= 4 is 39.5 Å². The Kier molecular flexibility index (Phi) is 20.1. The normalized spacial score (nSPS) is 44.8. The molecule has 0 spiro atoms. The molecule has 12 aliphatic carbocycles. The minimum Gasteiger partial charge on any atom is -0.390 e. The lowest BCUT2D eigenvalue weighted by Gasteiger charge is -2.56. The highest BCUT2D eigenvalue weighted by atomic mass is 79.9. The quantitative estimate of drug-likeness (QED) is 0.174. The summed E-state index contributed by atoms with van der Waals surface area (Å²) < 4.78 is 77.2. The topological polar surface area (TPSA) is 160 Å². The van der Waals surface area contributed by atoms with Crippen molar-refractivity contribution in [2.45, 2.75) is 264 Å². The Balaban J connectivity index is 0.000000128. The molecule has 3 heterocycles. The van der Waals surface area contributed by atoms with E-state index in [-0.39, 0.29) is 47.0 Å². The fraction of sp³-hybridized carbons (Fsp3) is 0.842. The fourth-order valence-corrected chi connectivity index (χ4v) is 25.6. The van der Waals surface area contributed by atoms with Crippen LogP contribution in [0.25, 0.3) is 0 Å². The average Bonchev–Trinajstić information content (AvgIpc) is 1.48. The van der Waals surface area contributed by atoms with Gasteiger partial charge in [-0.25, -0.2) is 0 Å². The number of aromatic nitrogens is 4. The zero-order valence-corrected chi connectivity index (χ0v) is 58.8. The van der Waals surface area contributed by atoms with E-state index in [1.54, 1.807) is 0 Å². The molecule has 24 atom stereocenters.